The van der Waals surface area contributed by atoms with Crippen LogP contribution in [0.5, 0.6) is 0 Å². The lowest BCUT2D eigenvalue weighted by atomic mass is 10.2. The molecule has 0 saturated heterocycles. The summed E-state index contributed by atoms with van der Waals surface area (Å²) in [5.74, 6) is 3.28. The molecule has 0 aromatic carbocycles. The molecule has 4 heteroatoms. The van der Waals surface area contributed by atoms with Crippen molar-refractivity contribution in [3.8, 4) is 0 Å². The van der Waals surface area contributed by atoms with Crippen LogP contribution < -0.4 is 10.6 Å². The summed E-state index contributed by atoms with van der Waals surface area (Å²) in [7, 11) is 2.18. The molecule has 3 nitrogen and oxygen atoms in total. The van der Waals surface area contributed by atoms with E-state index >= 15 is 0 Å². The molecular formula is C12H19N3S. The molecule has 1 aromatic rings. The number of hydrogen-bond acceptors (Lipinski definition) is 4. The molecule has 3 rings (SSSR count). The SMILES string of the molecule is CC1CC1CN(C)c1snc(N)c1C1CC1. The Bertz CT molecular complexity index is 397. The Labute approximate surface area is 101 Å². The van der Waals surface area contributed by atoms with Crippen LogP contribution in [0.2, 0.25) is 0 Å². The van der Waals surface area contributed by atoms with Gasteiger partial charge in [0.1, 0.15) is 10.8 Å². The first kappa shape index (κ1) is 10.4. The van der Waals surface area contributed by atoms with Crippen LogP contribution in [0.1, 0.15) is 37.7 Å². The summed E-state index contributed by atoms with van der Waals surface area (Å²) < 4.78 is 4.32. The van der Waals surface area contributed by atoms with Gasteiger partial charge >= 0.3 is 0 Å². The summed E-state index contributed by atoms with van der Waals surface area (Å²) >= 11 is 1.57. The molecule has 0 radical (unpaired) electrons. The molecule has 0 spiro atoms. The second kappa shape index (κ2) is 3.62. The number of hydrogen-bond donors (Lipinski definition) is 1. The quantitative estimate of drug-likeness (QED) is 0.875. The lowest BCUT2D eigenvalue weighted by Crippen LogP contribution is -2.20. The molecule has 2 fully saturated rings. The van der Waals surface area contributed by atoms with Crippen molar-refractivity contribution in [3.05, 3.63) is 5.56 Å². The zero-order valence-corrected chi connectivity index (χ0v) is 10.8. The molecule has 0 amide bonds. The Kier molecular flexibility index (Phi) is 2.35. The van der Waals surface area contributed by atoms with Gasteiger partial charge in [-0.2, -0.15) is 4.37 Å². The summed E-state index contributed by atoms with van der Waals surface area (Å²) in [6, 6.07) is 0. The monoisotopic (exact) mass is 237 g/mol. The van der Waals surface area contributed by atoms with Crippen LogP contribution in [0.25, 0.3) is 0 Å². The maximum absolute atomic E-state index is 5.97. The van der Waals surface area contributed by atoms with Gasteiger partial charge in [0.25, 0.3) is 0 Å². The van der Waals surface area contributed by atoms with Gasteiger partial charge in [-0.1, -0.05) is 6.92 Å². The zero-order chi connectivity index (χ0) is 11.3. The molecule has 2 saturated carbocycles. The Balaban J connectivity index is 1.76. The van der Waals surface area contributed by atoms with Gasteiger partial charge in [-0.3, -0.25) is 0 Å². The molecule has 0 aliphatic heterocycles. The van der Waals surface area contributed by atoms with Crippen molar-refractivity contribution in [1.29, 1.82) is 0 Å². The minimum atomic E-state index is 0.702. The number of nitrogens with two attached hydrogens (primary N) is 1. The Morgan fingerprint density at radius 1 is 1.50 bits per heavy atom. The standard InChI is InChI=1S/C12H19N3S/c1-7-5-9(7)6-15(2)12-10(8-3-4-8)11(13)14-16-12/h7-9H,3-6H2,1-2H3,(H2,13,14). The van der Waals surface area contributed by atoms with Crippen molar-refractivity contribution < 1.29 is 0 Å². The highest BCUT2D eigenvalue weighted by Crippen LogP contribution is 2.49. The zero-order valence-electron chi connectivity index (χ0n) is 9.94. The van der Waals surface area contributed by atoms with E-state index in [1.165, 1.54) is 36.4 Å². The van der Waals surface area contributed by atoms with Crippen molar-refractivity contribution in [2.45, 2.75) is 32.1 Å². The third-order valence-electron chi connectivity index (χ3n) is 3.85. The van der Waals surface area contributed by atoms with Crippen molar-refractivity contribution >= 4 is 22.4 Å². The minimum Gasteiger partial charge on any atom is -0.383 e. The van der Waals surface area contributed by atoms with Crippen LogP contribution >= 0.6 is 11.5 Å². The second-order valence-corrected chi connectivity index (χ2v) is 6.17. The molecule has 2 N–H and O–H groups in total. The van der Waals surface area contributed by atoms with Crippen LogP contribution in [0, 0.1) is 11.8 Å². The number of anilines is 2. The summed E-state index contributed by atoms with van der Waals surface area (Å²) in [6.45, 7) is 3.50. The Morgan fingerprint density at radius 3 is 2.75 bits per heavy atom. The predicted molar refractivity (Wildman–Crippen MR) is 69.0 cm³/mol. The van der Waals surface area contributed by atoms with E-state index in [1.807, 2.05) is 0 Å². The number of aromatic nitrogens is 1. The molecule has 2 aliphatic rings. The first-order valence-corrected chi connectivity index (χ1v) is 6.90. The molecule has 16 heavy (non-hydrogen) atoms. The maximum Gasteiger partial charge on any atom is 0.142 e. The van der Waals surface area contributed by atoms with E-state index in [1.54, 1.807) is 11.5 Å². The van der Waals surface area contributed by atoms with Crippen LogP contribution in [0.4, 0.5) is 10.8 Å². The normalized spacial score (nSPS) is 28.1. The first-order chi connectivity index (χ1) is 7.66. The van der Waals surface area contributed by atoms with Crippen LogP contribution in [-0.4, -0.2) is 18.0 Å². The second-order valence-electron chi connectivity index (χ2n) is 5.41. The molecule has 1 aromatic heterocycles. The number of nitrogens with zero attached hydrogens (tertiary/aromatic N) is 2. The summed E-state index contributed by atoms with van der Waals surface area (Å²) in [6.07, 6.45) is 3.98. The van der Waals surface area contributed by atoms with E-state index in [9.17, 15) is 0 Å². The van der Waals surface area contributed by atoms with Gasteiger partial charge in [0.2, 0.25) is 0 Å². The molecule has 2 unspecified atom stereocenters. The fourth-order valence-electron chi connectivity index (χ4n) is 2.42. The molecular weight excluding hydrogens is 218 g/mol. The van der Waals surface area contributed by atoms with E-state index in [-0.39, 0.29) is 0 Å². The van der Waals surface area contributed by atoms with Crippen molar-refractivity contribution in [2.24, 2.45) is 11.8 Å². The van der Waals surface area contributed by atoms with Crippen LogP contribution in [0.3, 0.4) is 0 Å². The van der Waals surface area contributed by atoms with E-state index < -0.39 is 0 Å². The van der Waals surface area contributed by atoms with Crippen LogP contribution in [0.15, 0.2) is 0 Å². The van der Waals surface area contributed by atoms with E-state index in [2.05, 4.69) is 23.2 Å². The van der Waals surface area contributed by atoms with Crippen molar-refractivity contribution in [3.63, 3.8) is 0 Å². The van der Waals surface area contributed by atoms with Crippen molar-refractivity contribution in [1.82, 2.24) is 4.37 Å². The van der Waals surface area contributed by atoms with Gasteiger partial charge in [-0.15, -0.1) is 0 Å². The van der Waals surface area contributed by atoms with Crippen LogP contribution in [-0.2, 0) is 0 Å². The Hall–Kier alpha value is -0.770. The third kappa shape index (κ3) is 1.79. The fraction of sp³-hybridized carbons (Fsp3) is 0.750. The lowest BCUT2D eigenvalue weighted by Gasteiger charge is -2.18. The van der Waals surface area contributed by atoms with E-state index in [4.69, 9.17) is 5.73 Å². The smallest absolute Gasteiger partial charge is 0.142 e. The lowest BCUT2D eigenvalue weighted by molar-refractivity contribution is 0.727. The largest absolute Gasteiger partial charge is 0.383 e. The van der Waals surface area contributed by atoms with E-state index in [0.29, 0.717) is 5.92 Å². The number of rotatable bonds is 4. The summed E-state index contributed by atoms with van der Waals surface area (Å²) in [4.78, 5) is 2.37. The van der Waals surface area contributed by atoms with Gasteiger partial charge in [0.15, 0.2) is 0 Å². The highest BCUT2D eigenvalue weighted by atomic mass is 32.1. The first-order valence-electron chi connectivity index (χ1n) is 6.13. The highest BCUT2D eigenvalue weighted by Gasteiger charge is 2.36. The van der Waals surface area contributed by atoms with Crippen molar-refractivity contribution in [2.75, 3.05) is 24.2 Å². The molecule has 0 bridgehead atoms. The van der Waals surface area contributed by atoms with Gasteiger partial charge in [-0.25, -0.2) is 0 Å². The van der Waals surface area contributed by atoms with Gasteiger partial charge < -0.3 is 10.6 Å². The van der Waals surface area contributed by atoms with Gasteiger partial charge in [-0.05, 0) is 48.5 Å². The molecule has 1 heterocycles. The predicted octanol–water partition coefficient (Wildman–Crippen LogP) is 2.69. The average molecular weight is 237 g/mol. The summed E-state index contributed by atoms with van der Waals surface area (Å²) in [5.41, 5.74) is 7.30. The minimum absolute atomic E-state index is 0.702. The molecule has 2 atom stereocenters. The Morgan fingerprint density at radius 2 is 2.19 bits per heavy atom. The highest BCUT2D eigenvalue weighted by molar-refractivity contribution is 7.10. The average Bonchev–Trinajstić information content (AvgIpc) is 3.13. The molecule has 88 valence electrons. The maximum atomic E-state index is 5.97. The van der Waals surface area contributed by atoms with Gasteiger partial charge in [0.05, 0.1) is 0 Å². The topological polar surface area (TPSA) is 42.2 Å². The fourth-order valence-corrected chi connectivity index (χ4v) is 3.29. The third-order valence-corrected chi connectivity index (χ3v) is 4.85. The molecule has 2 aliphatic carbocycles. The number of nitrogen functional groups attached to an aromatic ring is 1. The van der Waals surface area contributed by atoms with Gasteiger partial charge in [0, 0.05) is 19.2 Å². The van der Waals surface area contributed by atoms with E-state index in [0.717, 1.165) is 17.7 Å². The summed E-state index contributed by atoms with van der Waals surface area (Å²) in [5, 5.41) is 1.32.